The number of rotatable bonds is 6. The maximum absolute atomic E-state index is 12.5. The Labute approximate surface area is 145 Å². The van der Waals surface area contributed by atoms with Crippen molar-refractivity contribution in [2.75, 3.05) is 11.9 Å². The van der Waals surface area contributed by atoms with E-state index in [9.17, 15) is 14.9 Å². The number of nitro groups is 1. The highest BCUT2D eigenvalue weighted by molar-refractivity contribution is 6.30. The van der Waals surface area contributed by atoms with E-state index in [1.807, 2.05) is 6.92 Å². The highest BCUT2D eigenvalue weighted by atomic mass is 35.5. The summed E-state index contributed by atoms with van der Waals surface area (Å²) < 4.78 is 0. The number of nitro benzene ring substituents is 1. The SMILES string of the molecule is CCCN(Cc1ccc([N+](=O)[O-])cc1)C(=O)Nc1cccc(Cl)c1. The van der Waals surface area contributed by atoms with Crippen LogP contribution in [0.15, 0.2) is 48.5 Å². The second-order valence-electron chi connectivity index (χ2n) is 5.29. The lowest BCUT2D eigenvalue weighted by molar-refractivity contribution is -0.384. The van der Waals surface area contributed by atoms with E-state index >= 15 is 0 Å². The maximum atomic E-state index is 12.5. The molecule has 0 aliphatic heterocycles. The van der Waals surface area contributed by atoms with E-state index in [1.54, 1.807) is 41.3 Å². The molecule has 2 aromatic carbocycles. The standard InChI is InChI=1S/C17H18ClN3O3/c1-2-10-20(12-13-6-8-16(9-7-13)21(23)24)17(22)19-15-5-3-4-14(18)11-15/h3-9,11H,2,10,12H2,1H3,(H,19,22). The van der Waals surface area contributed by atoms with Crippen LogP contribution in [0.3, 0.4) is 0 Å². The summed E-state index contributed by atoms with van der Waals surface area (Å²) in [5, 5.41) is 14.1. The molecule has 1 N–H and O–H groups in total. The number of hydrogen-bond donors (Lipinski definition) is 1. The molecule has 7 heteroatoms. The first kappa shape index (κ1) is 17.7. The number of nitrogens with one attached hydrogen (secondary N) is 1. The van der Waals surface area contributed by atoms with Crippen LogP contribution in [0, 0.1) is 10.1 Å². The van der Waals surface area contributed by atoms with Gasteiger partial charge in [0.05, 0.1) is 4.92 Å². The van der Waals surface area contributed by atoms with Gasteiger partial charge in [0, 0.05) is 35.9 Å². The van der Waals surface area contributed by atoms with E-state index in [0.29, 0.717) is 23.8 Å². The molecular formula is C17H18ClN3O3. The van der Waals surface area contributed by atoms with E-state index in [0.717, 1.165) is 12.0 Å². The zero-order chi connectivity index (χ0) is 17.5. The van der Waals surface area contributed by atoms with Gasteiger partial charge >= 0.3 is 6.03 Å². The van der Waals surface area contributed by atoms with Crippen molar-refractivity contribution in [3.8, 4) is 0 Å². The molecule has 2 aromatic rings. The second-order valence-corrected chi connectivity index (χ2v) is 5.72. The number of amides is 2. The average Bonchev–Trinajstić information content (AvgIpc) is 2.55. The number of carbonyl (C=O) groups is 1. The third kappa shape index (κ3) is 4.96. The molecule has 0 aliphatic carbocycles. The Balaban J connectivity index is 2.07. The van der Waals surface area contributed by atoms with Crippen LogP contribution in [-0.4, -0.2) is 22.4 Å². The van der Waals surface area contributed by atoms with Crippen molar-refractivity contribution < 1.29 is 9.72 Å². The zero-order valence-electron chi connectivity index (χ0n) is 13.2. The van der Waals surface area contributed by atoms with Gasteiger partial charge in [0.1, 0.15) is 0 Å². The molecule has 6 nitrogen and oxygen atoms in total. The largest absolute Gasteiger partial charge is 0.322 e. The van der Waals surface area contributed by atoms with E-state index in [1.165, 1.54) is 12.1 Å². The lowest BCUT2D eigenvalue weighted by Gasteiger charge is -2.22. The fraction of sp³-hybridized carbons (Fsp3) is 0.235. The van der Waals surface area contributed by atoms with Crippen LogP contribution in [0.5, 0.6) is 0 Å². The zero-order valence-corrected chi connectivity index (χ0v) is 14.0. The minimum absolute atomic E-state index is 0.0316. The van der Waals surface area contributed by atoms with Gasteiger partial charge in [-0.05, 0) is 30.2 Å². The predicted octanol–water partition coefficient (Wildman–Crippen LogP) is 4.69. The molecule has 0 atom stereocenters. The summed E-state index contributed by atoms with van der Waals surface area (Å²) in [6, 6.07) is 12.9. The topological polar surface area (TPSA) is 75.5 Å². The Morgan fingerprint density at radius 1 is 1.25 bits per heavy atom. The van der Waals surface area contributed by atoms with E-state index < -0.39 is 4.92 Å². The van der Waals surface area contributed by atoms with Gasteiger partial charge in [0.2, 0.25) is 0 Å². The number of nitrogens with zero attached hydrogens (tertiary/aromatic N) is 2. The van der Waals surface area contributed by atoms with Crippen molar-refractivity contribution in [3.05, 3.63) is 69.2 Å². The van der Waals surface area contributed by atoms with Crippen molar-refractivity contribution in [1.29, 1.82) is 0 Å². The molecule has 2 rings (SSSR count). The van der Waals surface area contributed by atoms with Crippen LogP contribution in [0.1, 0.15) is 18.9 Å². The lowest BCUT2D eigenvalue weighted by atomic mass is 10.2. The normalized spacial score (nSPS) is 10.2. The Hall–Kier alpha value is -2.60. The van der Waals surface area contributed by atoms with Crippen LogP contribution in [0.2, 0.25) is 5.02 Å². The van der Waals surface area contributed by atoms with Crippen molar-refractivity contribution in [1.82, 2.24) is 4.90 Å². The van der Waals surface area contributed by atoms with E-state index in [2.05, 4.69) is 5.32 Å². The van der Waals surface area contributed by atoms with E-state index in [-0.39, 0.29) is 11.7 Å². The fourth-order valence-electron chi connectivity index (χ4n) is 2.23. The van der Waals surface area contributed by atoms with Gasteiger partial charge in [-0.25, -0.2) is 4.79 Å². The van der Waals surface area contributed by atoms with Gasteiger partial charge in [-0.2, -0.15) is 0 Å². The Morgan fingerprint density at radius 3 is 2.54 bits per heavy atom. The molecule has 0 radical (unpaired) electrons. The number of urea groups is 1. The highest BCUT2D eigenvalue weighted by Crippen LogP contribution is 2.17. The first-order valence-corrected chi connectivity index (χ1v) is 7.92. The maximum Gasteiger partial charge on any atom is 0.322 e. The average molecular weight is 348 g/mol. The summed E-state index contributed by atoms with van der Waals surface area (Å²) in [7, 11) is 0. The number of non-ortho nitro benzene ring substituents is 1. The lowest BCUT2D eigenvalue weighted by Crippen LogP contribution is -2.35. The number of carbonyl (C=O) groups excluding carboxylic acids is 1. The quantitative estimate of drug-likeness (QED) is 0.608. The van der Waals surface area contributed by atoms with Crippen LogP contribution < -0.4 is 5.32 Å². The highest BCUT2D eigenvalue weighted by Gasteiger charge is 2.14. The Morgan fingerprint density at radius 2 is 1.96 bits per heavy atom. The summed E-state index contributed by atoms with van der Waals surface area (Å²) in [5.41, 5.74) is 1.48. The fourth-order valence-corrected chi connectivity index (χ4v) is 2.42. The molecule has 0 saturated heterocycles. The van der Waals surface area contributed by atoms with Crippen LogP contribution in [-0.2, 0) is 6.54 Å². The third-order valence-corrected chi connectivity index (χ3v) is 3.61. The minimum Gasteiger partial charge on any atom is -0.320 e. The summed E-state index contributed by atoms with van der Waals surface area (Å²) in [5.74, 6) is 0. The van der Waals surface area contributed by atoms with Crippen molar-refractivity contribution in [3.63, 3.8) is 0 Å². The molecule has 2 amide bonds. The molecule has 0 aromatic heterocycles. The molecule has 0 unspecified atom stereocenters. The summed E-state index contributed by atoms with van der Waals surface area (Å²) >= 11 is 5.92. The summed E-state index contributed by atoms with van der Waals surface area (Å²) in [6.07, 6.45) is 0.802. The third-order valence-electron chi connectivity index (χ3n) is 3.38. The summed E-state index contributed by atoms with van der Waals surface area (Å²) in [6.45, 7) is 2.93. The molecule has 126 valence electrons. The molecule has 0 saturated carbocycles. The predicted molar refractivity (Wildman–Crippen MR) is 94.3 cm³/mol. The van der Waals surface area contributed by atoms with Crippen LogP contribution >= 0.6 is 11.6 Å². The van der Waals surface area contributed by atoms with Gasteiger partial charge in [0.25, 0.3) is 5.69 Å². The molecule has 0 spiro atoms. The van der Waals surface area contributed by atoms with Gasteiger partial charge in [0.15, 0.2) is 0 Å². The van der Waals surface area contributed by atoms with Crippen LogP contribution in [0.4, 0.5) is 16.2 Å². The Bertz CT molecular complexity index is 719. The minimum atomic E-state index is -0.445. The second kappa shape index (κ2) is 8.31. The molecule has 0 aliphatic rings. The smallest absolute Gasteiger partial charge is 0.320 e. The first-order valence-electron chi connectivity index (χ1n) is 7.54. The molecule has 0 bridgehead atoms. The van der Waals surface area contributed by atoms with Gasteiger partial charge in [-0.3, -0.25) is 10.1 Å². The monoisotopic (exact) mass is 347 g/mol. The molecule has 0 heterocycles. The number of halogens is 1. The van der Waals surface area contributed by atoms with Crippen molar-refractivity contribution in [2.24, 2.45) is 0 Å². The molecule has 24 heavy (non-hydrogen) atoms. The van der Waals surface area contributed by atoms with Gasteiger partial charge in [-0.15, -0.1) is 0 Å². The Kier molecular flexibility index (Phi) is 6.14. The van der Waals surface area contributed by atoms with E-state index in [4.69, 9.17) is 11.6 Å². The van der Waals surface area contributed by atoms with Crippen molar-refractivity contribution in [2.45, 2.75) is 19.9 Å². The summed E-state index contributed by atoms with van der Waals surface area (Å²) in [4.78, 5) is 24.4. The number of benzene rings is 2. The number of anilines is 1. The van der Waals surface area contributed by atoms with Crippen LogP contribution in [0.25, 0.3) is 0 Å². The van der Waals surface area contributed by atoms with Crippen molar-refractivity contribution >= 4 is 29.0 Å². The first-order chi connectivity index (χ1) is 11.5. The molecule has 0 fully saturated rings. The van der Waals surface area contributed by atoms with Gasteiger partial charge < -0.3 is 10.2 Å². The van der Waals surface area contributed by atoms with Gasteiger partial charge in [-0.1, -0.05) is 36.7 Å². The number of hydrogen-bond acceptors (Lipinski definition) is 3. The molecular weight excluding hydrogens is 330 g/mol.